The van der Waals surface area contributed by atoms with E-state index in [2.05, 4.69) is 10.2 Å². The molecule has 0 saturated carbocycles. The van der Waals surface area contributed by atoms with Crippen molar-refractivity contribution in [2.75, 3.05) is 29.9 Å². The molecule has 1 aromatic carbocycles. The van der Waals surface area contributed by atoms with E-state index in [-0.39, 0.29) is 11.9 Å². The van der Waals surface area contributed by atoms with Gasteiger partial charge in [0.1, 0.15) is 11.9 Å². The summed E-state index contributed by atoms with van der Waals surface area (Å²) in [4.78, 5) is 14.1. The highest BCUT2D eigenvalue weighted by atomic mass is 32.2. The standard InChI is InChI=1S/C15H19FN2O2S/c16-11-2-1-3-12(8-11)17-15(19)20-14-9-18(10-14)13-4-6-21-7-5-13/h1-3,8,13-14H,4-7,9-10H2,(H,17,19). The lowest BCUT2D eigenvalue weighted by atomic mass is 10.0. The fraction of sp³-hybridized carbons (Fsp3) is 0.533. The van der Waals surface area contributed by atoms with Gasteiger partial charge in [-0.3, -0.25) is 10.2 Å². The summed E-state index contributed by atoms with van der Waals surface area (Å²) in [5, 5.41) is 2.55. The lowest BCUT2D eigenvalue weighted by Crippen LogP contribution is -2.57. The van der Waals surface area contributed by atoms with E-state index < -0.39 is 6.09 Å². The maximum Gasteiger partial charge on any atom is 0.411 e. The van der Waals surface area contributed by atoms with Gasteiger partial charge >= 0.3 is 6.09 Å². The smallest absolute Gasteiger partial charge is 0.411 e. The number of nitrogens with zero attached hydrogens (tertiary/aromatic N) is 1. The first-order valence-corrected chi connectivity index (χ1v) is 8.41. The molecule has 1 N–H and O–H groups in total. The Morgan fingerprint density at radius 2 is 2.10 bits per heavy atom. The molecule has 0 radical (unpaired) electrons. The molecule has 0 aromatic heterocycles. The fourth-order valence-electron chi connectivity index (χ4n) is 2.76. The normalized spacial score (nSPS) is 20.8. The number of hydrogen-bond donors (Lipinski definition) is 1. The van der Waals surface area contributed by atoms with Gasteiger partial charge in [0.25, 0.3) is 0 Å². The lowest BCUT2D eigenvalue weighted by Gasteiger charge is -2.44. The molecule has 3 rings (SSSR count). The van der Waals surface area contributed by atoms with Gasteiger partial charge in [-0.25, -0.2) is 9.18 Å². The molecule has 1 aromatic rings. The number of carbonyl (C=O) groups excluding carboxylic acids is 1. The predicted octanol–water partition coefficient (Wildman–Crippen LogP) is 2.95. The van der Waals surface area contributed by atoms with Crippen molar-refractivity contribution in [3.63, 3.8) is 0 Å². The van der Waals surface area contributed by atoms with Gasteiger partial charge in [-0.05, 0) is 42.5 Å². The van der Waals surface area contributed by atoms with Gasteiger partial charge in [-0.2, -0.15) is 11.8 Å². The van der Waals surface area contributed by atoms with Crippen LogP contribution in [-0.2, 0) is 4.74 Å². The molecule has 2 heterocycles. The van der Waals surface area contributed by atoms with Crippen molar-refractivity contribution in [3.05, 3.63) is 30.1 Å². The minimum absolute atomic E-state index is 0.0480. The number of hydrogen-bond acceptors (Lipinski definition) is 4. The summed E-state index contributed by atoms with van der Waals surface area (Å²) in [7, 11) is 0. The molecule has 0 atom stereocenters. The van der Waals surface area contributed by atoms with Crippen molar-refractivity contribution in [3.8, 4) is 0 Å². The summed E-state index contributed by atoms with van der Waals surface area (Å²) in [6.45, 7) is 1.62. The first kappa shape index (κ1) is 14.7. The molecule has 2 fully saturated rings. The highest BCUT2D eigenvalue weighted by molar-refractivity contribution is 7.99. The van der Waals surface area contributed by atoms with Gasteiger partial charge in [0, 0.05) is 24.8 Å². The van der Waals surface area contributed by atoms with Crippen molar-refractivity contribution >= 4 is 23.5 Å². The van der Waals surface area contributed by atoms with Crippen LogP contribution in [0.15, 0.2) is 24.3 Å². The van der Waals surface area contributed by atoms with Gasteiger partial charge < -0.3 is 4.74 Å². The summed E-state index contributed by atoms with van der Waals surface area (Å²) in [5.74, 6) is 2.08. The molecule has 114 valence electrons. The Kier molecular flexibility index (Phi) is 4.65. The predicted molar refractivity (Wildman–Crippen MR) is 82.2 cm³/mol. The molecule has 0 aliphatic carbocycles. The summed E-state index contributed by atoms with van der Waals surface area (Å²) in [6, 6.07) is 6.45. The largest absolute Gasteiger partial charge is 0.443 e. The number of carbonyl (C=O) groups is 1. The number of anilines is 1. The number of rotatable bonds is 3. The topological polar surface area (TPSA) is 41.6 Å². The summed E-state index contributed by atoms with van der Waals surface area (Å²) in [5.41, 5.74) is 0.417. The van der Waals surface area contributed by atoms with Crippen LogP contribution in [0, 0.1) is 5.82 Å². The molecule has 2 saturated heterocycles. The van der Waals surface area contributed by atoms with Crippen molar-refractivity contribution < 1.29 is 13.9 Å². The summed E-state index contributed by atoms with van der Waals surface area (Å²) in [6.07, 6.45) is 1.90. The van der Waals surface area contributed by atoms with Crippen LogP contribution >= 0.6 is 11.8 Å². The number of likely N-dealkylation sites (tertiary alicyclic amines) is 1. The minimum Gasteiger partial charge on any atom is -0.443 e. The Hall–Kier alpha value is -1.27. The van der Waals surface area contributed by atoms with Crippen molar-refractivity contribution in [1.29, 1.82) is 0 Å². The van der Waals surface area contributed by atoms with E-state index in [0.717, 1.165) is 13.1 Å². The number of amides is 1. The summed E-state index contributed by atoms with van der Waals surface area (Å²) < 4.78 is 18.3. The van der Waals surface area contributed by atoms with E-state index >= 15 is 0 Å². The third-order valence-electron chi connectivity index (χ3n) is 3.93. The van der Waals surface area contributed by atoms with Gasteiger partial charge in [0.15, 0.2) is 0 Å². The third-order valence-corrected chi connectivity index (χ3v) is 4.98. The lowest BCUT2D eigenvalue weighted by molar-refractivity contribution is -0.0324. The van der Waals surface area contributed by atoms with Crippen LogP contribution < -0.4 is 5.32 Å². The van der Waals surface area contributed by atoms with Crippen molar-refractivity contribution in [1.82, 2.24) is 4.90 Å². The van der Waals surface area contributed by atoms with Crippen molar-refractivity contribution in [2.45, 2.75) is 25.0 Å². The van der Waals surface area contributed by atoms with Crippen LogP contribution in [-0.4, -0.2) is 47.7 Å². The second-order valence-corrected chi connectivity index (χ2v) is 6.68. The van der Waals surface area contributed by atoms with E-state index in [0.29, 0.717) is 11.7 Å². The Morgan fingerprint density at radius 3 is 2.81 bits per heavy atom. The van der Waals surface area contributed by atoms with E-state index in [4.69, 9.17) is 4.74 Å². The van der Waals surface area contributed by atoms with Gasteiger partial charge in [-0.1, -0.05) is 6.07 Å². The van der Waals surface area contributed by atoms with Gasteiger partial charge in [0.05, 0.1) is 0 Å². The zero-order chi connectivity index (χ0) is 14.7. The zero-order valence-electron chi connectivity index (χ0n) is 11.8. The second kappa shape index (κ2) is 6.66. The quantitative estimate of drug-likeness (QED) is 0.932. The molecule has 0 bridgehead atoms. The van der Waals surface area contributed by atoms with E-state index in [1.807, 2.05) is 11.8 Å². The monoisotopic (exact) mass is 310 g/mol. The number of halogens is 1. The molecular weight excluding hydrogens is 291 g/mol. The Labute approximate surface area is 128 Å². The molecule has 2 aliphatic rings. The Balaban J connectivity index is 1.40. The van der Waals surface area contributed by atoms with Crippen molar-refractivity contribution in [2.24, 2.45) is 0 Å². The maximum atomic E-state index is 13.0. The number of nitrogens with one attached hydrogen (secondary N) is 1. The Morgan fingerprint density at radius 1 is 1.33 bits per heavy atom. The Bertz CT molecular complexity index is 502. The third kappa shape index (κ3) is 3.89. The van der Waals surface area contributed by atoms with Crippen LogP contribution in [0.3, 0.4) is 0 Å². The van der Waals surface area contributed by atoms with Crippen LogP contribution in [0.1, 0.15) is 12.8 Å². The molecular formula is C15H19FN2O2S. The first-order chi connectivity index (χ1) is 10.2. The van der Waals surface area contributed by atoms with Crippen LogP contribution in [0.4, 0.5) is 14.9 Å². The first-order valence-electron chi connectivity index (χ1n) is 7.26. The van der Waals surface area contributed by atoms with Gasteiger partial charge in [0.2, 0.25) is 0 Å². The second-order valence-electron chi connectivity index (χ2n) is 5.46. The highest BCUT2D eigenvalue weighted by Crippen LogP contribution is 2.26. The van der Waals surface area contributed by atoms with Crippen LogP contribution in [0.5, 0.6) is 0 Å². The molecule has 0 unspecified atom stereocenters. The van der Waals surface area contributed by atoms with Crippen LogP contribution in [0.2, 0.25) is 0 Å². The number of thioether (sulfide) groups is 1. The summed E-state index contributed by atoms with van der Waals surface area (Å²) >= 11 is 2.01. The molecule has 21 heavy (non-hydrogen) atoms. The number of benzene rings is 1. The number of ether oxygens (including phenoxy) is 1. The minimum atomic E-state index is -0.510. The van der Waals surface area contributed by atoms with E-state index in [9.17, 15) is 9.18 Å². The van der Waals surface area contributed by atoms with E-state index in [1.165, 1.54) is 36.5 Å². The van der Waals surface area contributed by atoms with E-state index in [1.54, 1.807) is 12.1 Å². The maximum absolute atomic E-state index is 13.0. The van der Waals surface area contributed by atoms with Gasteiger partial charge in [-0.15, -0.1) is 0 Å². The fourth-order valence-corrected chi connectivity index (χ4v) is 3.84. The highest BCUT2D eigenvalue weighted by Gasteiger charge is 2.35. The zero-order valence-corrected chi connectivity index (χ0v) is 12.6. The molecule has 1 amide bonds. The molecule has 4 nitrogen and oxygen atoms in total. The average molecular weight is 310 g/mol. The van der Waals surface area contributed by atoms with Crippen LogP contribution in [0.25, 0.3) is 0 Å². The average Bonchev–Trinajstić information content (AvgIpc) is 2.43. The molecule has 6 heteroatoms. The molecule has 0 spiro atoms. The molecule has 2 aliphatic heterocycles. The SMILES string of the molecule is O=C(Nc1cccc(F)c1)OC1CN(C2CCSCC2)C1.